The Hall–Kier alpha value is -1.94. The fourth-order valence-corrected chi connectivity index (χ4v) is 2.99. The molecule has 0 aliphatic carbocycles. The quantitative estimate of drug-likeness (QED) is 0.674. The zero-order valence-corrected chi connectivity index (χ0v) is 12.2. The topological polar surface area (TPSA) is 20.7 Å². The van der Waals surface area contributed by atoms with Crippen LogP contribution in [-0.2, 0) is 0 Å². The Morgan fingerprint density at radius 1 is 1.15 bits per heavy atom. The smallest absolute Gasteiger partial charge is 0.178 e. The van der Waals surface area contributed by atoms with Crippen LogP contribution >= 0.6 is 12.2 Å². The number of halogens is 1. The summed E-state index contributed by atoms with van der Waals surface area (Å²) in [4.78, 5) is 3.22. The zero-order chi connectivity index (χ0) is 14.3. The third-order valence-electron chi connectivity index (χ3n) is 3.70. The lowest BCUT2D eigenvalue weighted by atomic mass is 10.1. The second kappa shape index (κ2) is 4.87. The number of imidazole rings is 1. The van der Waals surface area contributed by atoms with Gasteiger partial charge in [-0.05, 0) is 43.8 Å². The standard InChI is InChI=1S/C16H15FN2S/c1-10-6-5-9-14-15(10)18-16(20)19(14)11(2)12-7-3-4-8-13(12)17/h3-9,11H,1-2H3,(H,18,20). The average molecular weight is 286 g/mol. The van der Waals surface area contributed by atoms with Crippen LogP contribution in [0.5, 0.6) is 0 Å². The third-order valence-corrected chi connectivity index (χ3v) is 4.00. The Morgan fingerprint density at radius 3 is 2.65 bits per heavy atom. The predicted octanol–water partition coefficient (Wildman–Crippen LogP) is 4.76. The first-order valence-electron chi connectivity index (χ1n) is 6.54. The van der Waals surface area contributed by atoms with Gasteiger partial charge in [0.25, 0.3) is 0 Å². The van der Waals surface area contributed by atoms with Gasteiger partial charge in [-0.2, -0.15) is 0 Å². The van der Waals surface area contributed by atoms with Crippen molar-refractivity contribution in [2.75, 3.05) is 0 Å². The van der Waals surface area contributed by atoms with Gasteiger partial charge < -0.3 is 9.55 Å². The van der Waals surface area contributed by atoms with Crippen LogP contribution in [0.4, 0.5) is 4.39 Å². The van der Waals surface area contributed by atoms with Crippen LogP contribution in [-0.4, -0.2) is 9.55 Å². The molecule has 0 spiro atoms. The van der Waals surface area contributed by atoms with E-state index in [9.17, 15) is 4.39 Å². The molecule has 102 valence electrons. The molecule has 0 saturated heterocycles. The normalized spacial score (nSPS) is 12.8. The highest BCUT2D eigenvalue weighted by Crippen LogP contribution is 2.27. The van der Waals surface area contributed by atoms with Crippen molar-refractivity contribution < 1.29 is 4.39 Å². The van der Waals surface area contributed by atoms with Gasteiger partial charge in [0.15, 0.2) is 4.77 Å². The Labute approximate surface area is 121 Å². The van der Waals surface area contributed by atoms with Crippen LogP contribution in [0.2, 0.25) is 0 Å². The molecular formula is C16H15FN2S. The molecule has 0 aliphatic rings. The van der Waals surface area contributed by atoms with Gasteiger partial charge in [-0.3, -0.25) is 0 Å². The third kappa shape index (κ3) is 1.96. The van der Waals surface area contributed by atoms with Gasteiger partial charge in [-0.25, -0.2) is 4.39 Å². The molecule has 0 saturated carbocycles. The second-order valence-corrected chi connectivity index (χ2v) is 5.35. The summed E-state index contributed by atoms with van der Waals surface area (Å²) in [6, 6.07) is 12.7. The number of aromatic nitrogens is 2. The molecule has 3 rings (SSSR count). The van der Waals surface area contributed by atoms with E-state index in [0.717, 1.165) is 16.6 Å². The van der Waals surface area contributed by atoms with E-state index >= 15 is 0 Å². The first-order chi connectivity index (χ1) is 9.59. The van der Waals surface area contributed by atoms with Crippen molar-refractivity contribution in [1.82, 2.24) is 9.55 Å². The van der Waals surface area contributed by atoms with Gasteiger partial charge >= 0.3 is 0 Å². The summed E-state index contributed by atoms with van der Waals surface area (Å²) < 4.78 is 16.6. The largest absolute Gasteiger partial charge is 0.330 e. The van der Waals surface area contributed by atoms with E-state index in [2.05, 4.69) is 4.98 Å². The number of hydrogen-bond donors (Lipinski definition) is 1. The summed E-state index contributed by atoms with van der Waals surface area (Å²) >= 11 is 5.42. The number of rotatable bonds is 2. The number of fused-ring (bicyclic) bond motifs is 1. The molecule has 20 heavy (non-hydrogen) atoms. The van der Waals surface area contributed by atoms with Gasteiger partial charge in [0.2, 0.25) is 0 Å². The number of hydrogen-bond acceptors (Lipinski definition) is 1. The van der Waals surface area contributed by atoms with Crippen molar-refractivity contribution >= 4 is 23.3 Å². The van der Waals surface area contributed by atoms with Crippen molar-refractivity contribution in [2.45, 2.75) is 19.9 Å². The number of nitrogens with zero attached hydrogens (tertiary/aromatic N) is 1. The summed E-state index contributed by atoms with van der Waals surface area (Å²) in [5.41, 5.74) is 3.80. The van der Waals surface area contributed by atoms with Crippen LogP contribution in [0.3, 0.4) is 0 Å². The average Bonchev–Trinajstić information content (AvgIpc) is 2.76. The molecule has 1 atom stereocenters. The van der Waals surface area contributed by atoms with Gasteiger partial charge in [-0.15, -0.1) is 0 Å². The van der Waals surface area contributed by atoms with E-state index in [0.29, 0.717) is 10.3 Å². The van der Waals surface area contributed by atoms with Gasteiger partial charge in [-0.1, -0.05) is 30.3 Å². The lowest BCUT2D eigenvalue weighted by molar-refractivity contribution is 0.561. The SMILES string of the molecule is Cc1cccc2c1[nH]c(=S)n2C(C)c1ccccc1F. The van der Waals surface area contributed by atoms with E-state index in [-0.39, 0.29) is 11.9 Å². The van der Waals surface area contributed by atoms with Gasteiger partial charge in [0, 0.05) is 5.56 Å². The Kier molecular flexibility index (Phi) is 3.18. The Bertz CT molecular complexity index is 832. The molecular weight excluding hydrogens is 271 g/mol. The molecule has 0 fully saturated rings. The molecule has 4 heteroatoms. The van der Waals surface area contributed by atoms with Crippen LogP contribution in [0, 0.1) is 17.5 Å². The minimum atomic E-state index is -0.205. The summed E-state index contributed by atoms with van der Waals surface area (Å²) in [6.45, 7) is 4.00. The summed E-state index contributed by atoms with van der Waals surface area (Å²) in [5.74, 6) is -0.205. The predicted molar refractivity (Wildman–Crippen MR) is 82.1 cm³/mol. The highest BCUT2D eigenvalue weighted by Gasteiger charge is 2.16. The molecule has 0 bridgehead atoms. The molecule has 2 aromatic carbocycles. The summed E-state index contributed by atoms with van der Waals surface area (Å²) in [7, 11) is 0. The Balaban J connectivity index is 2.25. The van der Waals surface area contributed by atoms with Crippen LogP contribution in [0.1, 0.15) is 24.1 Å². The van der Waals surface area contributed by atoms with Gasteiger partial charge in [0.1, 0.15) is 5.82 Å². The molecule has 0 radical (unpaired) electrons. The maximum Gasteiger partial charge on any atom is 0.178 e. The molecule has 1 heterocycles. The highest BCUT2D eigenvalue weighted by molar-refractivity contribution is 7.71. The maximum absolute atomic E-state index is 14.0. The fourth-order valence-electron chi connectivity index (χ4n) is 2.63. The molecule has 2 nitrogen and oxygen atoms in total. The number of para-hydroxylation sites is 1. The number of nitrogens with one attached hydrogen (secondary N) is 1. The van der Waals surface area contributed by atoms with Gasteiger partial charge in [0.05, 0.1) is 17.1 Å². The Morgan fingerprint density at radius 2 is 1.90 bits per heavy atom. The minimum Gasteiger partial charge on any atom is -0.330 e. The van der Waals surface area contributed by atoms with Crippen molar-refractivity contribution in [2.24, 2.45) is 0 Å². The van der Waals surface area contributed by atoms with Crippen molar-refractivity contribution in [3.8, 4) is 0 Å². The number of H-pyrrole nitrogens is 1. The van der Waals surface area contributed by atoms with Crippen molar-refractivity contribution in [3.63, 3.8) is 0 Å². The van der Waals surface area contributed by atoms with Crippen molar-refractivity contribution in [3.05, 3.63) is 64.2 Å². The molecule has 1 N–H and O–H groups in total. The zero-order valence-electron chi connectivity index (χ0n) is 11.4. The fraction of sp³-hybridized carbons (Fsp3) is 0.188. The molecule has 0 amide bonds. The van der Waals surface area contributed by atoms with E-state index in [1.54, 1.807) is 12.1 Å². The van der Waals surface area contributed by atoms with Crippen LogP contribution < -0.4 is 0 Å². The van der Waals surface area contributed by atoms with E-state index in [1.807, 2.05) is 42.7 Å². The monoisotopic (exact) mass is 286 g/mol. The van der Waals surface area contributed by atoms with E-state index in [1.165, 1.54) is 6.07 Å². The first kappa shape index (κ1) is 13.1. The summed E-state index contributed by atoms with van der Waals surface area (Å²) in [6.07, 6.45) is 0. The minimum absolute atomic E-state index is 0.153. The molecule has 3 aromatic rings. The maximum atomic E-state index is 14.0. The molecule has 1 unspecified atom stereocenters. The van der Waals surface area contributed by atoms with E-state index < -0.39 is 0 Å². The molecule has 0 aliphatic heterocycles. The number of aryl methyl sites for hydroxylation is 1. The second-order valence-electron chi connectivity index (χ2n) is 4.97. The lowest BCUT2D eigenvalue weighted by Crippen LogP contribution is -2.08. The molecule has 1 aromatic heterocycles. The van der Waals surface area contributed by atoms with Crippen molar-refractivity contribution in [1.29, 1.82) is 0 Å². The van der Waals surface area contributed by atoms with Crippen LogP contribution in [0.15, 0.2) is 42.5 Å². The highest BCUT2D eigenvalue weighted by atomic mass is 32.1. The number of benzene rings is 2. The first-order valence-corrected chi connectivity index (χ1v) is 6.94. The van der Waals surface area contributed by atoms with Crippen LogP contribution in [0.25, 0.3) is 11.0 Å². The van der Waals surface area contributed by atoms with E-state index in [4.69, 9.17) is 12.2 Å². The number of aromatic amines is 1. The lowest BCUT2D eigenvalue weighted by Gasteiger charge is -2.16. The summed E-state index contributed by atoms with van der Waals surface area (Å²) in [5, 5.41) is 0.